The van der Waals surface area contributed by atoms with Crippen molar-refractivity contribution in [2.24, 2.45) is 5.92 Å². The highest BCUT2D eigenvalue weighted by Gasteiger charge is 2.28. The Bertz CT molecular complexity index is 1010. The Morgan fingerprint density at radius 3 is 2.45 bits per heavy atom. The maximum Gasteiger partial charge on any atom is 0.292 e. The number of nitro groups is 1. The monoisotopic (exact) mass is 392 g/mol. The molecule has 9 heteroatoms. The smallest absolute Gasteiger partial charge is 0.292 e. The van der Waals surface area contributed by atoms with Crippen molar-refractivity contribution in [2.45, 2.75) is 12.8 Å². The normalized spacial score (nSPS) is 14.6. The summed E-state index contributed by atoms with van der Waals surface area (Å²) in [6, 6.07) is 14.1. The molecular formula is C20H20N6O3. The van der Waals surface area contributed by atoms with Gasteiger partial charge in [0.2, 0.25) is 5.91 Å². The largest absolute Gasteiger partial charge is 0.366 e. The Morgan fingerprint density at radius 1 is 1.07 bits per heavy atom. The van der Waals surface area contributed by atoms with Crippen LogP contribution < -0.4 is 10.2 Å². The van der Waals surface area contributed by atoms with Crippen LogP contribution in [0.5, 0.6) is 0 Å². The second kappa shape index (κ2) is 8.09. The highest BCUT2D eigenvalue weighted by Crippen LogP contribution is 2.31. The van der Waals surface area contributed by atoms with E-state index in [1.165, 1.54) is 12.4 Å². The number of nitro benzene ring substituents is 1. The summed E-state index contributed by atoms with van der Waals surface area (Å²) in [6.07, 6.45) is 4.28. The van der Waals surface area contributed by atoms with Gasteiger partial charge in [-0.15, -0.1) is 0 Å². The lowest BCUT2D eigenvalue weighted by Gasteiger charge is -2.32. The average molecular weight is 392 g/mol. The van der Waals surface area contributed by atoms with Crippen molar-refractivity contribution in [3.05, 3.63) is 71.3 Å². The van der Waals surface area contributed by atoms with Gasteiger partial charge in [0.1, 0.15) is 18.3 Å². The van der Waals surface area contributed by atoms with Gasteiger partial charge in [-0.3, -0.25) is 14.9 Å². The van der Waals surface area contributed by atoms with Crippen LogP contribution in [0.4, 0.5) is 17.1 Å². The summed E-state index contributed by atoms with van der Waals surface area (Å²) in [7, 11) is 0. The van der Waals surface area contributed by atoms with Crippen molar-refractivity contribution in [1.29, 1.82) is 0 Å². The molecule has 1 amide bonds. The summed E-state index contributed by atoms with van der Waals surface area (Å²) in [5, 5.41) is 18.4. The Morgan fingerprint density at radius 2 is 1.76 bits per heavy atom. The predicted molar refractivity (Wildman–Crippen MR) is 108 cm³/mol. The number of hydrogen-bond donors (Lipinski definition) is 1. The highest BCUT2D eigenvalue weighted by atomic mass is 16.6. The van der Waals surface area contributed by atoms with Gasteiger partial charge in [-0.2, -0.15) is 5.10 Å². The van der Waals surface area contributed by atoms with Crippen molar-refractivity contribution >= 4 is 23.0 Å². The van der Waals surface area contributed by atoms with Crippen molar-refractivity contribution in [3.8, 4) is 5.69 Å². The zero-order chi connectivity index (χ0) is 20.2. The Hall–Kier alpha value is -3.75. The molecule has 9 nitrogen and oxygen atoms in total. The van der Waals surface area contributed by atoms with E-state index in [9.17, 15) is 14.9 Å². The molecule has 2 aromatic carbocycles. The first-order valence-corrected chi connectivity index (χ1v) is 9.37. The summed E-state index contributed by atoms with van der Waals surface area (Å²) in [6.45, 7) is 1.18. The lowest BCUT2D eigenvalue weighted by Crippen LogP contribution is -2.38. The molecule has 0 aliphatic carbocycles. The second-order valence-electron chi connectivity index (χ2n) is 6.85. The molecule has 1 aliphatic heterocycles. The number of anilines is 2. The van der Waals surface area contributed by atoms with Crippen LogP contribution in [0.15, 0.2) is 61.2 Å². The van der Waals surface area contributed by atoms with E-state index >= 15 is 0 Å². The maximum absolute atomic E-state index is 12.8. The van der Waals surface area contributed by atoms with Gasteiger partial charge in [-0.25, -0.2) is 9.67 Å². The molecule has 1 N–H and O–H groups in total. The number of carbonyl (C=O) groups excluding carboxylic acids is 1. The fourth-order valence-corrected chi connectivity index (χ4v) is 3.62. The molecule has 1 aromatic heterocycles. The van der Waals surface area contributed by atoms with Crippen LogP contribution in [0.25, 0.3) is 5.69 Å². The quantitative estimate of drug-likeness (QED) is 0.528. The van der Waals surface area contributed by atoms with E-state index < -0.39 is 0 Å². The number of rotatable bonds is 5. The molecule has 0 atom stereocenters. The number of nitrogens with one attached hydrogen (secondary N) is 1. The van der Waals surface area contributed by atoms with Crippen LogP contribution in [0.1, 0.15) is 12.8 Å². The first kappa shape index (κ1) is 18.6. The summed E-state index contributed by atoms with van der Waals surface area (Å²) in [5.41, 5.74) is 2.12. The SMILES string of the molecule is O=C(Nc1ccccc1-n1cncn1)C1CCN(c2ccccc2[N+](=O)[O-])CC1. The molecule has 3 aromatic rings. The van der Waals surface area contributed by atoms with Gasteiger partial charge in [-0.1, -0.05) is 24.3 Å². The van der Waals surface area contributed by atoms with Crippen LogP contribution in [0.2, 0.25) is 0 Å². The molecule has 148 valence electrons. The van der Waals surface area contributed by atoms with Crippen LogP contribution in [-0.4, -0.2) is 38.7 Å². The lowest BCUT2D eigenvalue weighted by atomic mass is 9.95. The first-order chi connectivity index (χ1) is 14.1. The van der Waals surface area contributed by atoms with Crippen molar-refractivity contribution in [3.63, 3.8) is 0 Å². The number of piperidine rings is 1. The summed E-state index contributed by atoms with van der Waals surface area (Å²) < 4.78 is 1.60. The first-order valence-electron chi connectivity index (χ1n) is 9.37. The van der Waals surface area contributed by atoms with Gasteiger partial charge in [-0.05, 0) is 31.0 Å². The third-order valence-electron chi connectivity index (χ3n) is 5.11. The molecular weight excluding hydrogens is 372 g/mol. The zero-order valence-corrected chi connectivity index (χ0v) is 15.6. The zero-order valence-electron chi connectivity index (χ0n) is 15.6. The van der Waals surface area contributed by atoms with Gasteiger partial charge in [0.15, 0.2) is 0 Å². The van der Waals surface area contributed by atoms with E-state index in [-0.39, 0.29) is 22.4 Å². The van der Waals surface area contributed by atoms with Crippen molar-refractivity contribution < 1.29 is 9.72 Å². The van der Waals surface area contributed by atoms with E-state index in [4.69, 9.17) is 0 Å². The maximum atomic E-state index is 12.8. The van der Waals surface area contributed by atoms with Crippen molar-refractivity contribution in [2.75, 3.05) is 23.3 Å². The standard InChI is InChI=1S/C20H20N6O3/c27-20(23-16-5-1-2-6-17(16)25-14-21-13-22-25)15-9-11-24(12-10-15)18-7-3-4-8-19(18)26(28)29/h1-8,13-15H,9-12H2,(H,23,27). The number of carbonyl (C=O) groups is 1. The Balaban J connectivity index is 1.43. The Kier molecular flexibility index (Phi) is 5.19. The second-order valence-corrected chi connectivity index (χ2v) is 6.85. The minimum atomic E-state index is -0.366. The van der Waals surface area contributed by atoms with Crippen LogP contribution in [-0.2, 0) is 4.79 Å². The molecule has 2 heterocycles. The minimum absolute atomic E-state index is 0.0558. The third kappa shape index (κ3) is 3.93. The summed E-state index contributed by atoms with van der Waals surface area (Å²) in [4.78, 5) is 29.7. The third-order valence-corrected chi connectivity index (χ3v) is 5.11. The number of benzene rings is 2. The Labute approximate surface area is 167 Å². The molecule has 4 rings (SSSR count). The summed E-state index contributed by atoms with van der Waals surface area (Å²) in [5.74, 6) is -0.211. The highest BCUT2D eigenvalue weighted by molar-refractivity contribution is 5.94. The van der Waals surface area contributed by atoms with Gasteiger partial charge in [0.25, 0.3) is 5.69 Å². The molecule has 0 unspecified atom stereocenters. The van der Waals surface area contributed by atoms with E-state index in [0.29, 0.717) is 37.3 Å². The van der Waals surface area contributed by atoms with Crippen LogP contribution >= 0.6 is 0 Å². The minimum Gasteiger partial charge on any atom is -0.366 e. The number of amides is 1. The van der Waals surface area contributed by atoms with E-state index in [1.54, 1.807) is 29.2 Å². The molecule has 1 aliphatic rings. The number of hydrogen-bond acceptors (Lipinski definition) is 6. The van der Waals surface area contributed by atoms with E-state index in [1.807, 2.05) is 29.2 Å². The van der Waals surface area contributed by atoms with Crippen LogP contribution in [0.3, 0.4) is 0 Å². The van der Waals surface area contributed by atoms with E-state index in [2.05, 4.69) is 15.4 Å². The van der Waals surface area contributed by atoms with E-state index in [0.717, 1.165) is 5.69 Å². The molecule has 1 saturated heterocycles. The predicted octanol–water partition coefficient (Wildman–Crippen LogP) is 3.03. The number of para-hydroxylation sites is 4. The molecule has 0 radical (unpaired) electrons. The molecule has 0 saturated carbocycles. The molecule has 1 fully saturated rings. The fraction of sp³-hybridized carbons (Fsp3) is 0.250. The van der Waals surface area contributed by atoms with Gasteiger partial charge >= 0.3 is 0 Å². The molecule has 0 bridgehead atoms. The van der Waals surface area contributed by atoms with Gasteiger partial charge in [0, 0.05) is 25.1 Å². The lowest BCUT2D eigenvalue weighted by molar-refractivity contribution is -0.384. The fourth-order valence-electron chi connectivity index (χ4n) is 3.62. The van der Waals surface area contributed by atoms with Gasteiger partial charge in [0.05, 0.1) is 16.3 Å². The van der Waals surface area contributed by atoms with Crippen LogP contribution in [0, 0.1) is 16.0 Å². The topological polar surface area (TPSA) is 106 Å². The summed E-state index contributed by atoms with van der Waals surface area (Å²) >= 11 is 0. The molecule has 29 heavy (non-hydrogen) atoms. The van der Waals surface area contributed by atoms with Gasteiger partial charge < -0.3 is 10.2 Å². The van der Waals surface area contributed by atoms with Crippen molar-refractivity contribution in [1.82, 2.24) is 14.8 Å². The number of aromatic nitrogens is 3. The molecule has 0 spiro atoms. The average Bonchev–Trinajstić information content (AvgIpc) is 3.29. The number of nitrogens with zero attached hydrogens (tertiary/aromatic N) is 5.